The van der Waals surface area contributed by atoms with E-state index in [1.165, 1.54) is 6.42 Å². The van der Waals surface area contributed by atoms with Crippen molar-refractivity contribution in [1.82, 2.24) is 10.6 Å². The van der Waals surface area contributed by atoms with Crippen molar-refractivity contribution in [3.8, 4) is 0 Å². The lowest BCUT2D eigenvalue weighted by Crippen LogP contribution is -2.48. The Morgan fingerprint density at radius 1 is 1.59 bits per heavy atom. The van der Waals surface area contributed by atoms with E-state index in [0.29, 0.717) is 11.2 Å². The van der Waals surface area contributed by atoms with Crippen molar-refractivity contribution in [3.63, 3.8) is 0 Å². The molecule has 1 saturated heterocycles. The van der Waals surface area contributed by atoms with E-state index in [0.717, 1.165) is 26.1 Å². The fraction of sp³-hybridized carbons (Fsp3) is 0.923. The Balaban J connectivity index is 2.47. The number of hydrogen-bond acceptors (Lipinski definition) is 3. The summed E-state index contributed by atoms with van der Waals surface area (Å²) in [5.74, 6) is 0.660. The summed E-state index contributed by atoms with van der Waals surface area (Å²) in [7, 11) is 0. The first-order chi connectivity index (χ1) is 7.98. The predicted molar refractivity (Wildman–Crippen MR) is 75.4 cm³/mol. The van der Waals surface area contributed by atoms with Crippen LogP contribution in [0.4, 0.5) is 0 Å². The first kappa shape index (κ1) is 14.8. The van der Waals surface area contributed by atoms with Gasteiger partial charge in [-0.05, 0) is 38.1 Å². The first-order valence-corrected chi connectivity index (χ1v) is 7.79. The Kier molecular flexibility index (Phi) is 5.80. The zero-order valence-corrected chi connectivity index (χ0v) is 12.3. The summed E-state index contributed by atoms with van der Waals surface area (Å²) in [5, 5.41) is 6.96. The maximum Gasteiger partial charge on any atom is 0.226 e. The van der Waals surface area contributed by atoms with Gasteiger partial charge in [-0.2, -0.15) is 11.8 Å². The Bertz CT molecular complexity index is 250. The molecule has 1 aliphatic heterocycles. The topological polar surface area (TPSA) is 41.1 Å². The van der Waals surface area contributed by atoms with Gasteiger partial charge < -0.3 is 10.6 Å². The number of amides is 1. The van der Waals surface area contributed by atoms with Crippen molar-refractivity contribution < 1.29 is 4.79 Å². The highest BCUT2D eigenvalue weighted by Crippen LogP contribution is 2.31. The van der Waals surface area contributed by atoms with Gasteiger partial charge in [-0.25, -0.2) is 0 Å². The third kappa shape index (κ3) is 4.18. The highest BCUT2D eigenvalue weighted by Gasteiger charge is 2.37. The predicted octanol–water partition coefficient (Wildman–Crippen LogP) is 1.88. The first-order valence-electron chi connectivity index (χ1n) is 6.50. The molecule has 100 valence electrons. The summed E-state index contributed by atoms with van der Waals surface area (Å²) in [4.78, 5) is 12.2. The molecular weight excluding hydrogens is 232 g/mol. The molecule has 1 amide bonds. The molecule has 1 rings (SSSR count). The van der Waals surface area contributed by atoms with E-state index in [2.05, 4.69) is 37.7 Å². The van der Waals surface area contributed by atoms with Crippen LogP contribution < -0.4 is 10.6 Å². The van der Waals surface area contributed by atoms with Gasteiger partial charge in [0.25, 0.3) is 0 Å². The summed E-state index contributed by atoms with van der Waals surface area (Å²) in [5.41, 5.74) is -0.258. The van der Waals surface area contributed by atoms with Gasteiger partial charge in [0.15, 0.2) is 0 Å². The fourth-order valence-corrected chi connectivity index (χ4v) is 2.45. The molecule has 0 spiro atoms. The molecule has 0 aromatic carbocycles. The average Bonchev–Trinajstić information content (AvgIpc) is 2.36. The normalized spacial score (nSPS) is 23.2. The van der Waals surface area contributed by atoms with Crippen molar-refractivity contribution >= 4 is 17.7 Å². The van der Waals surface area contributed by atoms with E-state index in [1.54, 1.807) is 11.8 Å². The van der Waals surface area contributed by atoms with Gasteiger partial charge >= 0.3 is 0 Å². The number of thioether (sulfide) groups is 1. The maximum atomic E-state index is 12.2. The van der Waals surface area contributed by atoms with Crippen LogP contribution in [0.1, 0.15) is 33.6 Å². The third-order valence-electron chi connectivity index (χ3n) is 3.86. The number of carbonyl (C=O) groups excluding carboxylic acids is 1. The van der Waals surface area contributed by atoms with Gasteiger partial charge in [0.1, 0.15) is 0 Å². The quantitative estimate of drug-likeness (QED) is 0.791. The summed E-state index contributed by atoms with van der Waals surface area (Å²) in [6.07, 6.45) is 4.42. The van der Waals surface area contributed by atoms with E-state index in [9.17, 15) is 4.79 Å². The molecule has 4 heteroatoms. The van der Waals surface area contributed by atoms with Gasteiger partial charge in [0.2, 0.25) is 5.91 Å². The Morgan fingerprint density at radius 2 is 2.29 bits per heavy atom. The van der Waals surface area contributed by atoms with E-state index in [1.807, 2.05) is 0 Å². The lowest BCUT2D eigenvalue weighted by Gasteiger charge is -2.36. The standard InChI is InChI=1S/C13H26N2OS/c1-10(17-4)8-15-12(16)13(2,3)11-6-5-7-14-9-11/h10-11,14H,5-9H2,1-4H3,(H,15,16). The van der Waals surface area contributed by atoms with E-state index in [-0.39, 0.29) is 11.3 Å². The summed E-state index contributed by atoms with van der Waals surface area (Å²) in [6, 6.07) is 0. The van der Waals surface area contributed by atoms with E-state index >= 15 is 0 Å². The van der Waals surface area contributed by atoms with Crippen LogP contribution in [0.5, 0.6) is 0 Å². The van der Waals surface area contributed by atoms with Gasteiger partial charge in [-0.3, -0.25) is 4.79 Å². The van der Waals surface area contributed by atoms with Crippen molar-refractivity contribution in [2.24, 2.45) is 11.3 Å². The van der Waals surface area contributed by atoms with Gasteiger partial charge in [-0.1, -0.05) is 20.8 Å². The van der Waals surface area contributed by atoms with E-state index in [4.69, 9.17) is 0 Å². The molecule has 0 aromatic rings. The van der Waals surface area contributed by atoms with Crippen LogP contribution in [0.3, 0.4) is 0 Å². The fourth-order valence-electron chi connectivity index (χ4n) is 2.20. The number of carbonyl (C=O) groups is 1. The monoisotopic (exact) mass is 258 g/mol. The van der Waals surface area contributed by atoms with Crippen LogP contribution in [0.25, 0.3) is 0 Å². The largest absolute Gasteiger partial charge is 0.355 e. The summed E-state index contributed by atoms with van der Waals surface area (Å²) < 4.78 is 0. The molecule has 0 radical (unpaired) electrons. The summed E-state index contributed by atoms with van der Waals surface area (Å²) in [6.45, 7) is 9.12. The molecule has 2 unspecified atom stereocenters. The smallest absolute Gasteiger partial charge is 0.226 e. The molecule has 17 heavy (non-hydrogen) atoms. The zero-order chi connectivity index (χ0) is 12.9. The highest BCUT2D eigenvalue weighted by atomic mass is 32.2. The lowest BCUT2D eigenvalue weighted by molar-refractivity contribution is -0.132. The lowest BCUT2D eigenvalue weighted by atomic mass is 9.74. The minimum Gasteiger partial charge on any atom is -0.355 e. The van der Waals surface area contributed by atoms with Crippen molar-refractivity contribution in [3.05, 3.63) is 0 Å². The third-order valence-corrected chi connectivity index (χ3v) is 4.83. The van der Waals surface area contributed by atoms with Crippen LogP contribution in [0, 0.1) is 11.3 Å². The minimum absolute atomic E-state index is 0.201. The van der Waals surface area contributed by atoms with Crippen molar-refractivity contribution in [1.29, 1.82) is 0 Å². The average molecular weight is 258 g/mol. The molecule has 1 aliphatic rings. The second-order valence-electron chi connectivity index (χ2n) is 5.52. The molecule has 2 N–H and O–H groups in total. The molecule has 1 fully saturated rings. The van der Waals surface area contributed by atoms with Crippen LogP contribution in [-0.2, 0) is 4.79 Å². The number of hydrogen-bond donors (Lipinski definition) is 2. The second-order valence-corrected chi connectivity index (χ2v) is 6.80. The molecule has 1 heterocycles. The van der Waals surface area contributed by atoms with E-state index < -0.39 is 0 Å². The van der Waals surface area contributed by atoms with Gasteiger partial charge in [-0.15, -0.1) is 0 Å². The number of piperidine rings is 1. The van der Waals surface area contributed by atoms with Crippen LogP contribution in [-0.4, -0.2) is 37.0 Å². The SMILES string of the molecule is CSC(C)CNC(=O)C(C)(C)C1CCCNC1. The Labute approximate surface area is 109 Å². The maximum absolute atomic E-state index is 12.2. The minimum atomic E-state index is -0.258. The van der Waals surface area contributed by atoms with Crippen molar-refractivity contribution in [2.45, 2.75) is 38.9 Å². The molecule has 2 atom stereocenters. The molecule has 0 saturated carbocycles. The van der Waals surface area contributed by atoms with Crippen LogP contribution >= 0.6 is 11.8 Å². The van der Waals surface area contributed by atoms with Crippen LogP contribution in [0.2, 0.25) is 0 Å². The molecule has 0 aromatic heterocycles. The van der Waals surface area contributed by atoms with Crippen LogP contribution in [0.15, 0.2) is 0 Å². The number of rotatable bonds is 5. The second kappa shape index (κ2) is 6.64. The number of nitrogens with one attached hydrogen (secondary N) is 2. The van der Waals surface area contributed by atoms with Gasteiger partial charge in [0.05, 0.1) is 0 Å². The molecule has 0 bridgehead atoms. The molecule has 0 aliphatic carbocycles. The molecule has 3 nitrogen and oxygen atoms in total. The van der Waals surface area contributed by atoms with Crippen molar-refractivity contribution in [2.75, 3.05) is 25.9 Å². The Morgan fingerprint density at radius 3 is 2.82 bits per heavy atom. The Hall–Kier alpha value is -0.220. The zero-order valence-electron chi connectivity index (χ0n) is 11.5. The molecular formula is C13H26N2OS. The highest BCUT2D eigenvalue weighted by molar-refractivity contribution is 7.99. The summed E-state index contributed by atoms with van der Waals surface area (Å²) >= 11 is 1.79. The van der Waals surface area contributed by atoms with Gasteiger partial charge in [0, 0.05) is 17.2 Å².